The molecule has 2 rings (SSSR count). The van der Waals surface area contributed by atoms with Crippen LogP contribution in [0.1, 0.15) is 120 Å². The lowest BCUT2D eigenvalue weighted by molar-refractivity contribution is -0.149. The summed E-state index contributed by atoms with van der Waals surface area (Å²) in [7, 11) is 0. The van der Waals surface area contributed by atoms with Crippen molar-refractivity contribution in [2.75, 3.05) is 0 Å². The molecule has 2 aromatic rings. The number of aliphatic hydroxyl groups excluding tert-OH is 4. The average Bonchev–Trinajstić information content (AvgIpc) is 3.56. The van der Waals surface area contributed by atoms with E-state index in [1.165, 1.54) is 70.7 Å². The largest absolute Gasteiger partial charge is 0.445 e. The Hall–Kier alpha value is -2.27. The number of ether oxygens (including phenoxy) is 1. The van der Waals surface area contributed by atoms with Gasteiger partial charge in [0.05, 0.1) is 18.4 Å². The first kappa shape index (κ1) is 30.0. The highest BCUT2D eigenvalue weighted by atomic mass is 16.6. The summed E-state index contributed by atoms with van der Waals surface area (Å²) in [5.74, 6) is -0.214. The van der Waals surface area contributed by atoms with E-state index in [0.717, 1.165) is 19.3 Å². The minimum absolute atomic E-state index is 0.0113. The highest BCUT2D eigenvalue weighted by Gasteiger charge is 2.30. The molecule has 2 aromatic heterocycles. The van der Waals surface area contributed by atoms with E-state index in [4.69, 9.17) is 13.6 Å². The predicted octanol–water partition coefficient (Wildman–Crippen LogP) is 4.13. The van der Waals surface area contributed by atoms with Gasteiger partial charge < -0.3 is 34.0 Å². The first-order valence-corrected chi connectivity index (χ1v) is 13.1. The topological polar surface area (TPSA) is 159 Å². The number of aliphatic hydroxyl groups is 4. The smallest absolute Gasteiger partial charge is 0.307 e. The second-order valence-electron chi connectivity index (χ2n) is 9.37. The monoisotopic (exact) mass is 510 g/mol. The van der Waals surface area contributed by atoms with Gasteiger partial charge in [0.25, 0.3) is 0 Å². The van der Waals surface area contributed by atoms with Gasteiger partial charge in [-0.1, -0.05) is 64.7 Å². The van der Waals surface area contributed by atoms with Crippen molar-refractivity contribution in [3.63, 3.8) is 0 Å². The molecule has 5 atom stereocenters. The Kier molecular flexibility index (Phi) is 13.7. The number of nitrogens with zero attached hydrogens (tertiary/aromatic N) is 2. The van der Waals surface area contributed by atoms with E-state index in [0.29, 0.717) is 0 Å². The molecule has 0 aliphatic heterocycles. The first-order valence-electron chi connectivity index (χ1n) is 13.1. The van der Waals surface area contributed by atoms with Crippen LogP contribution in [0.25, 0.3) is 0 Å². The van der Waals surface area contributed by atoms with Crippen molar-refractivity contribution in [1.29, 1.82) is 0 Å². The molecule has 0 amide bonds. The highest BCUT2D eigenvalue weighted by molar-refractivity contribution is 5.69. The van der Waals surface area contributed by atoms with Crippen molar-refractivity contribution in [3.05, 3.63) is 36.2 Å². The van der Waals surface area contributed by atoms with Gasteiger partial charge >= 0.3 is 5.97 Å². The maximum atomic E-state index is 12.5. The second-order valence-corrected chi connectivity index (χ2v) is 9.37. The van der Waals surface area contributed by atoms with Gasteiger partial charge in [0.1, 0.15) is 24.2 Å². The predicted molar refractivity (Wildman–Crippen MR) is 131 cm³/mol. The molecular weight excluding hydrogens is 468 g/mol. The van der Waals surface area contributed by atoms with Crippen LogP contribution in [0.15, 0.2) is 27.7 Å². The summed E-state index contributed by atoms with van der Waals surface area (Å²) in [5, 5.41) is 39.5. The Morgan fingerprint density at radius 1 is 0.972 bits per heavy atom. The normalized spacial score (nSPS) is 15.8. The lowest BCUT2D eigenvalue weighted by atomic mass is 10.0. The van der Waals surface area contributed by atoms with Crippen molar-refractivity contribution in [2.45, 2.75) is 121 Å². The zero-order chi connectivity index (χ0) is 26.3. The summed E-state index contributed by atoms with van der Waals surface area (Å²) in [6.45, 7) is 3.55. The number of unbranched alkanes of at least 4 members (excludes halogenated alkanes) is 9. The van der Waals surface area contributed by atoms with Gasteiger partial charge in [-0.15, -0.1) is 0 Å². The van der Waals surface area contributed by atoms with Crippen LogP contribution in [0.3, 0.4) is 0 Å². The summed E-state index contributed by atoms with van der Waals surface area (Å²) in [6, 6.07) is 0. The number of esters is 1. The van der Waals surface area contributed by atoms with Crippen LogP contribution in [0.5, 0.6) is 0 Å². The second kappa shape index (κ2) is 16.5. The number of hydrogen-bond acceptors (Lipinski definition) is 10. The number of aromatic nitrogens is 2. The first-order chi connectivity index (χ1) is 17.3. The van der Waals surface area contributed by atoms with E-state index < -0.39 is 36.5 Å². The minimum Gasteiger partial charge on any atom is -0.445 e. The molecule has 10 heteroatoms. The van der Waals surface area contributed by atoms with E-state index in [9.17, 15) is 25.2 Å². The minimum atomic E-state index is -1.42. The van der Waals surface area contributed by atoms with Crippen molar-refractivity contribution >= 4 is 5.97 Å². The van der Waals surface area contributed by atoms with Crippen LogP contribution in [0.2, 0.25) is 0 Å². The summed E-state index contributed by atoms with van der Waals surface area (Å²) in [6.07, 6.45) is 9.06. The van der Waals surface area contributed by atoms with Gasteiger partial charge in [-0.2, -0.15) is 0 Å². The molecule has 0 aliphatic carbocycles. The maximum Gasteiger partial charge on any atom is 0.307 e. The van der Waals surface area contributed by atoms with E-state index in [2.05, 4.69) is 16.9 Å². The van der Waals surface area contributed by atoms with Crippen molar-refractivity contribution in [3.8, 4) is 0 Å². The van der Waals surface area contributed by atoms with Gasteiger partial charge in [-0.3, -0.25) is 4.79 Å². The quantitative estimate of drug-likeness (QED) is 0.160. The lowest BCUT2D eigenvalue weighted by Crippen LogP contribution is -2.36. The van der Waals surface area contributed by atoms with Gasteiger partial charge in [-0.25, -0.2) is 9.97 Å². The Morgan fingerprint density at radius 2 is 1.61 bits per heavy atom. The summed E-state index contributed by atoms with van der Waals surface area (Å²) < 4.78 is 16.3. The van der Waals surface area contributed by atoms with Gasteiger partial charge in [0, 0.05) is 12.8 Å². The molecule has 36 heavy (non-hydrogen) atoms. The van der Waals surface area contributed by atoms with Gasteiger partial charge in [0.2, 0.25) is 12.0 Å². The number of hydrogen-bond donors (Lipinski definition) is 4. The molecule has 0 aliphatic rings. The van der Waals surface area contributed by atoms with E-state index >= 15 is 0 Å². The van der Waals surface area contributed by atoms with Gasteiger partial charge in [-0.05, 0) is 13.3 Å². The molecule has 0 spiro atoms. The van der Waals surface area contributed by atoms with Crippen LogP contribution >= 0.6 is 0 Å². The standard InChI is InChI=1S/C26H42N2O8/c1-3-4-5-6-7-8-9-10-11-12-13-23(32)36-25(22-15-27-17-35-22)26-28-19(16-34-26)20(30)14-21(31)24(33)18(2)29/h15-18,20-21,24-25,29-31,33H,3-14H2,1-2H3/t18-,20+,21-,24+,25?/m0/s1. The highest BCUT2D eigenvalue weighted by Crippen LogP contribution is 2.29. The fourth-order valence-corrected chi connectivity index (χ4v) is 3.92. The molecular formula is C26H42N2O8. The lowest BCUT2D eigenvalue weighted by Gasteiger charge is -2.21. The molecule has 0 fully saturated rings. The number of carbonyl (C=O) groups is 1. The Balaban J connectivity index is 1.83. The molecule has 0 saturated heterocycles. The molecule has 2 heterocycles. The number of carbonyl (C=O) groups excluding carboxylic acids is 1. The van der Waals surface area contributed by atoms with Crippen LogP contribution in [0, 0.1) is 0 Å². The zero-order valence-corrected chi connectivity index (χ0v) is 21.4. The number of rotatable bonds is 19. The molecule has 1 unspecified atom stereocenters. The van der Waals surface area contributed by atoms with Crippen molar-refractivity contribution in [2.24, 2.45) is 0 Å². The third-order valence-corrected chi connectivity index (χ3v) is 6.15. The zero-order valence-electron chi connectivity index (χ0n) is 21.4. The Labute approximate surface area is 212 Å². The van der Waals surface area contributed by atoms with E-state index in [1.807, 2.05) is 0 Å². The van der Waals surface area contributed by atoms with Crippen LogP contribution in [-0.4, -0.2) is 54.7 Å². The van der Waals surface area contributed by atoms with Crippen LogP contribution < -0.4 is 0 Å². The molecule has 0 aromatic carbocycles. The summed E-state index contributed by atoms with van der Waals surface area (Å²) in [4.78, 5) is 20.6. The SMILES string of the molecule is CCCCCCCCCCCCC(=O)OC(c1cnco1)c1nc([C@H](O)C[C@H](O)[C@H](O)[C@H](C)O)co1. The molecule has 204 valence electrons. The third-order valence-electron chi connectivity index (χ3n) is 6.15. The molecule has 10 nitrogen and oxygen atoms in total. The third kappa shape index (κ3) is 10.4. The summed E-state index contributed by atoms with van der Waals surface area (Å²) >= 11 is 0. The van der Waals surface area contributed by atoms with Crippen molar-refractivity contribution < 1.29 is 38.8 Å². The van der Waals surface area contributed by atoms with Crippen LogP contribution in [-0.2, 0) is 9.53 Å². The maximum absolute atomic E-state index is 12.5. The Bertz CT molecular complexity index is 839. The van der Waals surface area contributed by atoms with E-state index in [1.54, 1.807) is 0 Å². The average molecular weight is 511 g/mol. The summed E-state index contributed by atoms with van der Waals surface area (Å²) in [5.41, 5.74) is 0.0806. The van der Waals surface area contributed by atoms with E-state index in [-0.39, 0.29) is 30.2 Å². The number of oxazole rings is 2. The fraction of sp³-hybridized carbons (Fsp3) is 0.731. The molecule has 4 N–H and O–H groups in total. The van der Waals surface area contributed by atoms with Gasteiger partial charge in [0.15, 0.2) is 12.2 Å². The Morgan fingerprint density at radius 3 is 2.19 bits per heavy atom. The molecule has 0 radical (unpaired) electrons. The fourth-order valence-electron chi connectivity index (χ4n) is 3.92. The molecule has 0 saturated carbocycles. The van der Waals surface area contributed by atoms with Crippen LogP contribution in [0.4, 0.5) is 0 Å². The van der Waals surface area contributed by atoms with Crippen molar-refractivity contribution in [1.82, 2.24) is 9.97 Å². The molecule has 0 bridgehead atoms.